The van der Waals surface area contributed by atoms with Gasteiger partial charge in [-0.2, -0.15) is 5.10 Å². The number of hydrogen-bond acceptors (Lipinski definition) is 5. The maximum atomic E-state index is 5.64. The SMILES string of the molecule is COc1cccc(/C=C(\C(=N\NC2=NCC[NH2+]2)C(C)C)c2ccccc2)c1OC.[I-]. The summed E-state index contributed by atoms with van der Waals surface area (Å²) in [6.45, 7) is 6.05. The van der Waals surface area contributed by atoms with Crippen molar-refractivity contribution in [2.24, 2.45) is 16.0 Å². The van der Waals surface area contributed by atoms with Gasteiger partial charge in [0, 0.05) is 11.1 Å². The quantitative estimate of drug-likeness (QED) is 0.230. The molecular weight excluding hydrogens is 491 g/mol. The Morgan fingerprint density at radius 2 is 1.87 bits per heavy atom. The Kier molecular flexibility index (Phi) is 9.32. The molecule has 0 saturated heterocycles. The highest BCUT2D eigenvalue weighted by Gasteiger charge is 2.18. The molecule has 2 aromatic carbocycles. The molecule has 160 valence electrons. The number of guanidine groups is 1. The molecule has 7 heteroatoms. The number of benzene rings is 2. The first-order chi connectivity index (χ1) is 14.1. The van der Waals surface area contributed by atoms with E-state index in [4.69, 9.17) is 14.6 Å². The number of halogens is 1. The van der Waals surface area contributed by atoms with E-state index < -0.39 is 0 Å². The van der Waals surface area contributed by atoms with Crippen LogP contribution < -0.4 is 44.2 Å². The maximum absolute atomic E-state index is 5.64. The number of methoxy groups -OCH3 is 2. The first kappa shape index (κ1) is 23.9. The van der Waals surface area contributed by atoms with Crippen LogP contribution in [0.5, 0.6) is 11.5 Å². The lowest BCUT2D eigenvalue weighted by molar-refractivity contribution is -0.531. The van der Waals surface area contributed by atoms with Crippen LogP contribution in [0.15, 0.2) is 58.6 Å². The fourth-order valence-corrected chi connectivity index (χ4v) is 3.25. The Bertz CT molecular complexity index is 924. The lowest BCUT2D eigenvalue weighted by atomic mass is 9.92. The van der Waals surface area contributed by atoms with Gasteiger partial charge in [0.2, 0.25) is 0 Å². The van der Waals surface area contributed by atoms with E-state index in [1.807, 2.05) is 36.4 Å². The van der Waals surface area contributed by atoms with Crippen LogP contribution >= 0.6 is 0 Å². The molecule has 0 aromatic heterocycles. The van der Waals surface area contributed by atoms with Crippen molar-refractivity contribution in [2.45, 2.75) is 13.8 Å². The van der Waals surface area contributed by atoms with Gasteiger partial charge in [0.15, 0.2) is 11.5 Å². The third-order valence-corrected chi connectivity index (χ3v) is 4.68. The fraction of sp³-hybridized carbons (Fsp3) is 0.304. The monoisotopic (exact) mass is 520 g/mol. The number of quaternary nitrogens is 1. The third-order valence-electron chi connectivity index (χ3n) is 4.68. The lowest BCUT2D eigenvalue weighted by Gasteiger charge is -2.17. The van der Waals surface area contributed by atoms with E-state index in [1.54, 1.807) is 14.2 Å². The van der Waals surface area contributed by atoms with Gasteiger partial charge in [0.1, 0.15) is 6.54 Å². The molecule has 3 N–H and O–H groups in total. The van der Waals surface area contributed by atoms with Crippen molar-refractivity contribution in [3.63, 3.8) is 0 Å². The first-order valence-corrected chi connectivity index (χ1v) is 9.83. The van der Waals surface area contributed by atoms with Crippen molar-refractivity contribution in [3.8, 4) is 11.5 Å². The second kappa shape index (κ2) is 11.7. The van der Waals surface area contributed by atoms with Gasteiger partial charge in [-0.3, -0.25) is 5.32 Å². The summed E-state index contributed by atoms with van der Waals surface area (Å²) < 4.78 is 11.1. The van der Waals surface area contributed by atoms with Gasteiger partial charge in [-0.1, -0.05) is 56.3 Å². The Morgan fingerprint density at radius 3 is 2.47 bits per heavy atom. The maximum Gasteiger partial charge on any atom is 0.315 e. The average Bonchev–Trinajstić information content (AvgIpc) is 3.26. The summed E-state index contributed by atoms with van der Waals surface area (Å²) >= 11 is 0. The number of nitrogens with two attached hydrogens (primary N) is 1. The highest BCUT2D eigenvalue weighted by Crippen LogP contribution is 2.34. The number of nitrogens with zero attached hydrogens (tertiary/aromatic N) is 2. The lowest BCUT2D eigenvalue weighted by Crippen LogP contribution is -3.00. The van der Waals surface area contributed by atoms with Crippen LogP contribution in [0.3, 0.4) is 0 Å². The number of para-hydroxylation sites is 1. The number of ether oxygens (including phenoxy) is 2. The van der Waals surface area contributed by atoms with E-state index in [1.165, 1.54) is 0 Å². The molecule has 0 bridgehead atoms. The largest absolute Gasteiger partial charge is 1.00 e. The van der Waals surface area contributed by atoms with Crippen molar-refractivity contribution in [1.29, 1.82) is 0 Å². The molecule has 30 heavy (non-hydrogen) atoms. The van der Waals surface area contributed by atoms with Gasteiger partial charge in [0.05, 0.1) is 26.5 Å². The van der Waals surface area contributed by atoms with E-state index in [0.29, 0.717) is 11.5 Å². The van der Waals surface area contributed by atoms with Crippen molar-refractivity contribution in [2.75, 3.05) is 27.3 Å². The summed E-state index contributed by atoms with van der Waals surface area (Å²) in [7, 11) is 3.30. The Hall–Kier alpha value is -2.39. The Labute approximate surface area is 195 Å². The number of hydrazone groups is 1. The van der Waals surface area contributed by atoms with Crippen molar-refractivity contribution in [3.05, 3.63) is 59.7 Å². The van der Waals surface area contributed by atoms with E-state index in [-0.39, 0.29) is 29.9 Å². The minimum absolute atomic E-state index is 0. The number of nitrogens with one attached hydrogen (secondary N) is 1. The first-order valence-electron chi connectivity index (χ1n) is 9.83. The van der Waals surface area contributed by atoms with Crippen LogP contribution in [0.25, 0.3) is 11.6 Å². The summed E-state index contributed by atoms with van der Waals surface area (Å²) in [5.74, 6) is 2.43. The molecule has 6 nitrogen and oxygen atoms in total. The number of hydrogen-bond donors (Lipinski definition) is 2. The van der Waals surface area contributed by atoms with Gasteiger partial charge in [0.25, 0.3) is 0 Å². The Balaban J connectivity index is 0.00000320. The molecule has 0 atom stereocenters. The van der Waals surface area contributed by atoms with Crippen LogP contribution in [-0.4, -0.2) is 39.0 Å². The van der Waals surface area contributed by atoms with Crippen LogP contribution in [-0.2, 0) is 0 Å². The van der Waals surface area contributed by atoms with E-state index in [2.05, 4.69) is 47.8 Å². The molecule has 0 saturated carbocycles. The van der Waals surface area contributed by atoms with Gasteiger partial charge >= 0.3 is 5.96 Å². The molecule has 1 heterocycles. The predicted octanol–water partition coefficient (Wildman–Crippen LogP) is -0.217. The summed E-state index contributed by atoms with van der Waals surface area (Å²) in [5.41, 5.74) is 7.13. The van der Waals surface area contributed by atoms with Crippen molar-refractivity contribution < 1.29 is 38.8 Å². The third kappa shape index (κ3) is 5.82. The smallest absolute Gasteiger partial charge is 0.315 e. The topological polar surface area (TPSA) is 71.8 Å². The zero-order valence-corrected chi connectivity index (χ0v) is 20.0. The minimum atomic E-state index is 0. The number of allylic oxidation sites excluding steroid dienone is 1. The van der Waals surface area contributed by atoms with Crippen molar-refractivity contribution in [1.82, 2.24) is 5.43 Å². The molecule has 1 aliphatic heterocycles. The highest BCUT2D eigenvalue weighted by atomic mass is 127. The summed E-state index contributed by atoms with van der Waals surface area (Å²) in [6, 6.07) is 16.1. The molecule has 0 aliphatic carbocycles. The minimum Gasteiger partial charge on any atom is -1.00 e. The molecule has 2 aromatic rings. The predicted molar refractivity (Wildman–Crippen MR) is 118 cm³/mol. The molecule has 1 aliphatic rings. The zero-order valence-electron chi connectivity index (χ0n) is 17.9. The second-order valence-electron chi connectivity index (χ2n) is 7.03. The molecular formula is C23H29IN4O2. The van der Waals surface area contributed by atoms with Gasteiger partial charge < -0.3 is 33.5 Å². The molecule has 0 amide bonds. The number of aliphatic imine (C=N–C) groups is 1. The van der Waals surface area contributed by atoms with Crippen LogP contribution in [0.2, 0.25) is 0 Å². The van der Waals surface area contributed by atoms with E-state index in [9.17, 15) is 0 Å². The van der Waals surface area contributed by atoms with Crippen LogP contribution in [0, 0.1) is 5.92 Å². The van der Waals surface area contributed by atoms with Crippen LogP contribution in [0.4, 0.5) is 0 Å². The fourth-order valence-electron chi connectivity index (χ4n) is 3.25. The highest BCUT2D eigenvalue weighted by molar-refractivity contribution is 6.29. The van der Waals surface area contributed by atoms with Gasteiger partial charge in [-0.15, -0.1) is 0 Å². The molecule has 0 fully saturated rings. The summed E-state index contributed by atoms with van der Waals surface area (Å²) in [5, 5.41) is 6.81. The summed E-state index contributed by atoms with van der Waals surface area (Å²) in [6.07, 6.45) is 2.11. The molecule has 3 rings (SSSR count). The zero-order chi connectivity index (χ0) is 20.6. The molecule has 0 radical (unpaired) electrons. The average molecular weight is 520 g/mol. The Morgan fingerprint density at radius 1 is 1.10 bits per heavy atom. The number of rotatable bonds is 7. The van der Waals surface area contributed by atoms with Gasteiger partial charge in [-0.05, 0) is 23.6 Å². The van der Waals surface area contributed by atoms with Gasteiger partial charge in [-0.25, -0.2) is 10.4 Å². The second-order valence-corrected chi connectivity index (χ2v) is 7.03. The molecule has 0 spiro atoms. The summed E-state index contributed by atoms with van der Waals surface area (Å²) in [4.78, 5) is 4.42. The standard InChI is InChI=1S/C23H28N4O2.HI/c1-16(2)21(26-27-23-24-13-14-25-23)19(17-9-6-5-7-10-17)15-18-11-8-12-20(28-3)22(18)29-4;/h5-12,15-16H,13-14H2,1-4H3,(H2,24,25,27);1H/b19-15-,26-21+;. The normalized spacial score (nSPS) is 14.2. The molecule has 0 unspecified atom stereocenters. The van der Waals surface area contributed by atoms with E-state index in [0.717, 1.165) is 41.5 Å². The van der Waals surface area contributed by atoms with Crippen LogP contribution in [0.1, 0.15) is 25.0 Å². The van der Waals surface area contributed by atoms with Crippen molar-refractivity contribution >= 4 is 23.3 Å². The van der Waals surface area contributed by atoms with E-state index >= 15 is 0 Å².